The third kappa shape index (κ3) is 6.61. The smallest absolute Gasteiger partial charge is 0.387 e. The number of hydrogen-bond acceptors (Lipinski definition) is 6. The van der Waals surface area contributed by atoms with Gasteiger partial charge in [0.1, 0.15) is 5.75 Å². The van der Waals surface area contributed by atoms with E-state index in [1.54, 1.807) is 29.6 Å². The standard InChI is InChI=1S/C21H16F2N2O5S/c22-21(23)30-16-9-7-14(8-10-16)24-18(26)12-29-20(28)13-3-5-15(6-4-13)25-19(27)17-2-1-11-31-17/h1-11,21H,12H2,(H,24,26)(H,25,27). The molecule has 0 radical (unpaired) electrons. The van der Waals surface area contributed by atoms with Crippen molar-refractivity contribution in [3.8, 4) is 5.75 Å². The molecule has 2 N–H and O–H groups in total. The van der Waals surface area contributed by atoms with Crippen LogP contribution in [0.1, 0.15) is 20.0 Å². The summed E-state index contributed by atoms with van der Waals surface area (Å²) in [7, 11) is 0. The number of anilines is 2. The lowest BCUT2D eigenvalue weighted by Crippen LogP contribution is -2.21. The molecule has 0 saturated carbocycles. The van der Waals surface area contributed by atoms with Crippen LogP contribution >= 0.6 is 11.3 Å². The van der Waals surface area contributed by atoms with Crippen LogP contribution in [0.15, 0.2) is 66.0 Å². The topological polar surface area (TPSA) is 93.7 Å². The van der Waals surface area contributed by atoms with E-state index in [1.165, 1.54) is 47.7 Å². The van der Waals surface area contributed by atoms with Gasteiger partial charge in [-0.3, -0.25) is 9.59 Å². The van der Waals surface area contributed by atoms with Gasteiger partial charge in [-0.1, -0.05) is 6.07 Å². The molecule has 0 saturated heterocycles. The Morgan fingerprint density at radius 1 is 0.903 bits per heavy atom. The maximum absolute atomic E-state index is 12.1. The molecule has 3 rings (SSSR count). The molecule has 0 aliphatic heterocycles. The monoisotopic (exact) mass is 446 g/mol. The van der Waals surface area contributed by atoms with Gasteiger partial charge >= 0.3 is 12.6 Å². The summed E-state index contributed by atoms with van der Waals surface area (Å²) in [6.07, 6.45) is 0. The molecule has 2 amide bonds. The molecular formula is C21H16F2N2O5S. The highest BCUT2D eigenvalue weighted by Crippen LogP contribution is 2.18. The van der Waals surface area contributed by atoms with Crippen LogP contribution < -0.4 is 15.4 Å². The summed E-state index contributed by atoms with van der Waals surface area (Å²) in [5, 5.41) is 6.97. The summed E-state index contributed by atoms with van der Waals surface area (Å²) in [4.78, 5) is 36.6. The third-order valence-corrected chi connectivity index (χ3v) is 4.69. The van der Waals surface area contributed by atoms with Crippen LogP contribution in [0.4, 0.5) is 20.2 Å². The van der Waals surface area contributed by atoms with E-state index >= 15 is 0 Å². The van der Waals surface area contributed by atoms with Crippen molar-refractivity contribution in [1.29, 1.82) is 0 Å². The average Bonchev–Trinajstić information content (AvgIpc) is 3.29. The van der Waals surface area contributed by atoms with E-state index in [4.69, 9.17) is 4.74 Å². The Balaban J connectivity index is 1.46. The van der Waals surface area contributed by atoms with Gasteiger partial charge in [-0.2, -0.15) is 8.78 Å². The van der Waals surface area contributed by atoms with Gasteiger partial charge in [-0.05, 0) is 60.0 Å². The van der Waals surface area contributed by atoms with Crippen LogP contribution in [0.2, 0.25) is 0 Å². The van der Waals surface area contributed by atoms with Gasteiger partial charge in [0.05, 0.1) is 10.4 Å². The first-order chi connectivity index (χ1) is 14.9. The van der Waals surface area contributed by atoms with Gasteiger partial charge < -0.3 is 20.1 Å². The first-order valence-corrected chi connectivity index (χ1v) is 9.75. The zero-order valence-electron chi connectivity index (χ0n) is 15.8. The number of nitrogens with one attached hydrogen (secondary N) is 2. The predicted molar refractivity (Wildman–Crippen MR) is 111 cm³/mol. The van der Waals surface area contributed by atoms with Crippen molar-refractivity contribution in [2.75, 3.05) is 17.2 Å². The van der Waals surface area contributed by atoms with Gasteiger partial charge in [-0.25, -0.2) is 4.79 Å². The number of halogens is 2. The fourth-order valence-electron chi connectivity index (χ4n) is 2.42. The Kier molecular flexibility index (Phi) is 7.28. The van der Waals surface area contributed by atoms with Gasteiger partial charge in [0.2, 0.25) is 0 Å². The molecule has 1 heterocycles. The Labute approximate surface area is 179 Å². The van der Waals surface area contributed by atoms with E-state index in [-0.39, 0.29) is 17.2 Å². The lowest BCUT2D eigenvalue weighted by atomic mass is 10.2. The summed E-state index contributed by atoms with van der Waals surface area (Å²) in [5.41, 5.74) is 1.04. The summed E-state index contributed by atoms with van der Waals surface area (Å²) in [5.74, 6) is -1.62. The van der Waals surface area contributed by atoms with Crippen LogP contribution in [-0.2, 0) is 9.53 Å². The highest BCUT2D eigenvalue weighted by Gasteiger charge is 2.12. The first-order valence-electron chi connectivity index (χ1n) is 8.87. The van der Waals surface area contributed by atoms with Gasteiger partial charge in [0.15, 0.2) is 6.61 Å². The quantitative estimate of drug-likeness (QED) is 0.501. The molecule has 0 aliphatic rings. The number of rotatable bonds is 8. The Morgan fingerprint density at radius 3 is 2.16 bits per heavy atom. The number of carbonyl (C=O) groups excluding carboxylic acids is 3. The third-order valence-electron chi connectivity index (χ3n) is 3.82. The second-order valence-electron chi connectivity index (χ2n) is 6.04. The lowest BCUT2D eigenvalue weighted by Gasteiger charge is -2.09. The fraction of sp³-hybridized carbons (Fsp3) is 0.0952. The molecule has 10 heteroatoms. The normalized spacial score (nSPS) is 10.4. The van der Waals surface area contributed by atoms with E-state index in [0.717, 1.165) is 0 Å². The number of amides is 2. The molecule has 160 valence electrons. The van der Waals surface area contributed by atoms with E-state index < -0.39 is 25.1 Å². The van der Waals surface area contributed by atoms with Crippen LogP contribution in [0.3, 0.4) is 0 Å². The molecule has 0 aliphatic carbocycles. The molecular weight excluding hydrogens is 430 g/mol. The fourth-order valence-corrected chi connectivity index (χ4v) is 3.04. The minimum absolute atomic E-state index is 0.0468. The maximum Gasteiger partial charge on any atom is 0.387 e. The second-order valence-corrected chi connectivity index (χ2v) is 6.98. The minimum Gasteiger partial charge on any atom is -0.452 e. The Bertz CT molecular complexity index is 1040. The van der Waals surface area contributed by atoms with Crippen molar-refractivity contribution in [3.63, 3.8) is 0 Å². The van der Waals surface area contributed by atoms with Crippen molar-refractivity contribution < 1.29 is 32.6 Å². The summed E-state index contributed by atoms with van der Waals surface area (Å²) >= 11 is 1.31. The number of carbonyl (C=O) groups is 3. The maximum atomic E-state index is 12.1. The molecule has 2 aromatic carbocycles. The first kappa shape index (κ1) is 21.9. The SMILES string of the molecule is O=C(COC(=O)c1ccc(NC(=O)c2cccs2)cc1)Nc1ccc(OC(F)F)cc1. The highest BCUT2D eigenvalue weighted by molar-refractivity contribution is 7.12. The van der Waals surface area contributed by atoms with Crippen LogP contribution in [0, 0.1) is 0 Å². The van der Waals surface area contributed by atoms with E-state index in [9.17, 15) is 23.2 Å². The molecule has 1 aromatic heterocycles. The number of alkyl halides is 2. The minimum atomic E-state index is -2.94. The van der Waals surface area contributed by atoms with Crippen molar-refractivity contribution in [3.05, 3.63) is 76.5 Å². The highest BCUT2D eigenvalue weighted by atomic mass is 32.1. The van der Waals surface area contributed by atoms with Crippen molar-refractivity contribution in [1.82, 2.24) is 0 Å². The summed E-state index contributed by atoms with van der Waals surface area (Å²) in [6, 6.07) is 14.8. The number of ether oxygens (including phenoxy) is 2. The molecule has 31 heavy (non-hydrogen) atoms. The van der Waals surface area contributed by atoms with Crippen molar-refractivity contribution in [2.24, 2.45) is 0 Å². The molecule has 0 spiro atoms. The van der Waals surface area contributed by atoms with E-state index in [2.05, 4.69) is 15.4 Å². The van der Waals surface area contributed by atoms with Gasteiger partial charge in [0.25, 0.3) is 11.8 Å². The van der Waals surface area contributed by atoms with E-state index in [0.29, 0.717) is 16.3 Å². The molecule has 0 bridgehead atoms. The van der Waals surface area contributed by atoms with Crippen LogP contribution in [0.25, 0.3) is 0 Å². The number of hydrogen-bond donors (Lipinski definition) is 2. The van der Waals surface area contributed by atoms with Crippen molar-refractivity contribution >= 4 is 40.5 Å². The average molecular weight is 446 g/mol. The second kappa shape index (κ2) is 10.3. The largest absolute Gasteiger partial charge is 0.452 e. The zero-order valence-corrected chi connectivity index (χ0v) is 16.7. The summed E-state index contributed by atoms with van der Waals surface area (Å²) in [6.45, 7) is -3.48. The van der Waals surface area contributed by atoms with E-state index in [1.807, 2.05) is 0 Å². The number of thiophene rings is 1. The zero-order chi connectivity index (χ0) is 22.2. The molecule has 7 nitrogen and oxygen atoms in total. The lowest BCUT2D eigenvalue weighted by molar-refractivity contribution is -0.119. The predicted octanol–water partition coefficient (Wildman–Crippen LogP) is 4.40. The summed E-state index contributed by atoms with van der Waals surface area (Å²) < 4.78 is 33.4. The molecule has 0 atom stereocenters. The van der Waals surface area contributed by atoms with Crippen LogP contribution in [0.5, 0.6) is 5.75 Å². The Hall–Kier alpha value is -3.79. The Morgan fingerprint density at radius 2 is 1.55 bits per heavy atom. The number of esters is 1. The molecule has 0 unspecified atom stereocenters. The van der Waals surface area contributed by atoms with Crippen molar-refractivity contribution in [2.45, 2.75) is 6.61 Å². The van der Waals surface area contributed by atoms with Crippen LogP contribution in [-0.4, -0.2) is 31.0 Å². The number of benzene rings is 2. The van der Waals surface area contributed by atoms with Gasteiger partial charge in [0, 0.05) is 11.4 Å². The molecule has 3 aromatic rings. The molecule has 0 fully saturated rings. The van der Waals surface area contributed by atoms with Gasteiger partial charge in [-0.15, -0.1) is 11.3 Å².